The van der Waals surface area contributed by atoms with Gasteiger partial charge in [0.05, 0.1) is 17.6 Å². The third-order valence-electron chi connectivity index (χ3n) is 3.74. The van der Waals surface area contributed by atoms with Gasteiger partial charge in [-0.2, -0.15) is 0 Å². The van der Waals surface area contributed by atoms with E-state index < -0.39 is 21.7 Å². The summed E-state index contributed by atoms with van der Waals surface area (Å²) in [5.41, 5.74) is 2.21. The van der Waals surface area contributed by atoms with Crippen molar-refractivity contribution in [3.05, 3.63) is 65.2 Å². The van der Waals surface area contributed by atoms with E-state index in [1.807, 2.05) is 24.3 Å². The minimum absolute atomic E-state index is 0.0651. The van der Waals surface area contributed by atoms with Gasteiger partial charge in [0.2, 0.25) is 10.0 Å². The maximum absolute atomic E-state index is 13.2. The van der Waals surface area contributed by atoms with Gasteiger partial charge in [0, 0.05) is 13.0 Å². The van der Waals surface area contributed by atoms with Crippen molar-refractivity contribution in [2.75, 3.05) is 6.54 Å². The maximum Gasteiger partial charge on any atom is 0.240 e. The summed E-state index contributed by atoms with van der Waals surface area (Å²) < 4.78 is 58.3. The van der Waals surface area contributed by atoms with Crippen molar-refractivity contribution in [2.45, 2.75) is 24.0 Å². The molecule has 0 aliphatic carbocycles. The summed E-state index contributed by atoms with van der Waals surface area (Å²) >= 11 is 0. The van der Waals surface area contributed by atoms with Crippen LogP contribution >= 0.6 is 0 Å². The number of rotatable bonds is 4. The number of nitrogens with one attached hydrogen (secondary N) is 1. The Kier molecular flexibility index (Phi) is 4.43. The summed E-state index contributed by atoms with van der Waals surface area (Å²) in [5.74, 6) is -2.29. The van der Waals surface area contributed by atoms with E-state index in [0.717, 1.165) is 23.3 Å². The molecule has 1 heterocycles. The van der Waals surface area contributed by atoms with Crippen LogP contribution in [0.15, 0.2) is 47.4 Å². The predicted octanol–water partition coefficient (Wildman–Crippen LogP) is 2.38. The highest BCUT2D eigenvalue weighted by molar-refractivity contribution is 7.89. The molecule has 0 radical (unpaired) electrons. The third kappa shape index (κ3) is 3.57. The highest BCUT2D eigenvalue weighted by Crippen LogP contribution is 2.20. The molecular formula is C16H15F2NO3S. The van der Waals surface area contributed by atoms with Crippen molar-refractivity contribution >= 4 is 10.0 Å². The molecule has 7 heteroatoms. The molecule has 0 fully saturated rings. The van der Waals surface area contributed by atoms with Crippen LogP contribution in [0.4, 0.5) is 8.78 Å². The first kappa shape index (κ1) is 16.0. The first-order valence-corrected chi connectivity index (χ1v) is 8.57. The molecule has 0 saturated carbocycles. The van der Waals surface area contributed by atoms with E-state index in [-0.39, 0.29) is 17.5 Å². The fraction of sp³-hybridized carbons (Fsp3) is 0.250. The van der Waals surface area contributed by atoms with Crippen molar-refractivity contribution in [3.8, 4) is 0 Å². The molecule has 1 aliphatic rings. The average Bonchev–Trinajstić information content (AvgIpc) is 2.55. The third-order valence-corrected chi connectivity index (χ3v) is 5.16. The van der Waals surface area contributed by atoms with Gasteiger partial charge in [0.25, 0.3) is 0 Å². The van der Waals surface area contributed by atoms with E-state index in [9.17, 15) is 17.2 Å². The second kappa shape index (κ2) is 6.35. The van der Waals surface area contributed by atoms with Crippen molar-refractivity contribution < 1.29 is 21.9 Å². The van der Waals surface area contributed by atoms with Crippen LogP contribution in [0, 0.1) is 11.6 Å². The molecule has 2 aromatic rings. The van der Waals surface area contributed by atoms with Crippen LogP contribution < -0.4 is 4.72 Å². The quantitative estimate of drug-likeness (QED) is 0.931. The maximum atomic E-state index is 13.2. The van der Waals surface area contributed by atoms with Crippen molar-refractivity contribution in [2.24, 2.45) is 0 Å². The molecule has 0 saturated heterocycles. The second-order valence-corrected chi connectivity index (χ2v) is 7.10. The van der Waals surface area contributed by atoms with E-state index in [1.54, 1.807) is 0 Å². The van der Waals surface area contributed by atoms with E-state index in [2.05, 4.69) is 4.72 Å². The van der Waals surface area contributed by atoms with E-state index in [0.29, 0.717) is 19.1 Å². The molecule has 1 aliphatic heterocycles. The van der Waals surface area contributed by atoms with Crippen LogP contribution in [-0.2, 0) is 27.8 Å². The smallest absolute Gasteiger partial charge is 0.240 e. The lowest BCUT2D eigenvalue weighted by Gasteiger charge is -2.25. The molecular weight excluding hydrogens is 324 g/mol. The lowest BCUT2D eigenvalue weighted by atomic mass is 9.99. The Morgan fingerprint density at radius 1 is 1.09 bits per heavy atom. The van der Waals surface area contributed by atoms with Crippen molar-refractivity contribution in [3.63, 3.8) is 0 Å². The summed E-state index contributed by atoms with van der Waals surface area (Å²) in [5, 5.41) is 0. The van der Waals surface area contributed by atoms with Gasteiger partial charge in [-0.15, -0.1) is 0 Å². The van der Waals surface area contributed by atoms with Crippen LogP contribution in [0.5, 0.6) is 0 Å². The highest BCUT2D eigenvalue weighted by atomic mass is 32.2. The summed E-state index contributed by atoms with van der Waals surface area (Å²) in [6.07, 6.45) is 0.293. The summed E-state index contributed by atoms with van der Waals surface area (Å²) in [4.78, 5) is -0.312. The average molecular weight is 339 g/mol. The van der Waals surface area contributed by atoms with Gasteiger partial charge < -0.3 is 4.74 Å². The number of halogens is 2. The first-order valence-electron chi connectivity index (χ1n) is 7.09. The zero-order valence-electron chi connectivity index (χ0n) is 12.1. The standard InChI is InChI=1S/C16H15F2NO3S/c17-15-6-5-14(8-16(15)18)23(20,21)19-9-13-7-11-3-1-2-4-12(11)10-22-13/h1-6,8,13,19H,7,9-10H2. The van der Waals surface area contributed by atoms with E-state index >= 15 is 0 Å². The van der Waals surface area contributed by atoms with Gasteiger partial charge in [-0.1, -0.05) is 24.3 Å². The Balaban J connectivity index is 1.67. The molecule has 23 heavy (non-hydrogen) atoms. The second-order valence-electron chi connectivity index (χ2n) is 5.33. The Hall–Kier alpha value is -1.83. The van der Waals surface area contributed by atoms with Gasteiger partial charge in [-0.3, -0.25) is 0 Å². The van der Waals surface area contributed by atoms with Crippen LogP contribution in [0.1, 0.15) is 11.1 Å². The number of ether oxygens (including phenoxy) is 1. The van der Waals surface area contributed by atoms with Crippen molar-refractivity contribution in [1.29, 1.82) is 0 Å². The molecule has 0 bridgehead atoms. The van der Waals surface area contributed by atoms with Crippen molar-refractivity contribution in [1.82, 2.24) is 4.72 Å². The van der Waals surface area contributed by atoms with Crippen LogP contribution in [0.3, 0.4) is 0 Å². The molecule has 0 aromatic heterocycles. The highest BCUT2D eigenvalue weighted by Gasteiger charge is 2.22. The zero-order valence-corrected chi connectivity index (χ0v) is 12.9. The molecule has 1 atom stereocenters. The van der Waals surface area contributed by atoms with Crippen LogP contribution in [-0.4, -0.2) is 21.1 Å². The minimum Gasteiger partial charge on any atom is -0.372 e. The number of hydrogen-bond donors (Lipinski definition) is 1. The van der Waals surface area contributed by atoms with Gasteiger partial charge in [0.15, 0.2) is 11.6 Å². The van der Waals surface area contributed by atoms with Crippen LogP contribution in [0.2, 0.25) is 0 Å². The lowest BCUT2D eigenvalue weighted by Crippen LogP contribution is -2.36. The fourth-order valence-electron chi connectivity index (χ4n) is 2.47. The molecule has 0 amide bonds. The molecule has 1 unspecified atom stereocenters. The number of sulfonamides is 1. The minimum atomic E-state index is -3.91. The normalized spacial score (nSPS) is 17.7. The van der Waals surface area contributed by atoms with Gasteiger partial charge in [-0.25, -0.2) is 21.9 Å². The topological polar surface area (TPSA) is 55.4 Å². The molecule has 3 rings (SSSR count). The molecule has 2 aromatic carbocycles. The zero-order chi connectivity index (χ0) is 16.4. The fourth-order valence-corrected chi connectivity index (χ4v) is 3.55. The largest absolute Gasteiger partial charge is 0.372 e. The molecule has 4 nitrogen and oxygen atoms in total. The molecule has 1 N–H and O–H groups in total. The number of benzene rings is 2. The number of fused-ring (bicyclic) bond motifs is 1. The summed E-state index contributed by atoms with van der Waals surface area (Å²) in [6, 6.07) is 10.3. The Labute approximate surface area is 133 Å². The number of hydrogen-bond acceptors (Lipinski definition) is 3. The van der Waals surface area contributed by atoms with Gasteiger partial charge in [-0.05, 0) is 29.3 Å². The monoisotopic (exact) mass is 339 g/mol. The van der Waals surface area contributed by atoms with Crippen LogP contribution in [0.25, 0.3) is 0 Å². The Bertz CT molecular complexity index is 824. The first-order chi connectivity index (χ1) is 11.0. The molecule has 0 spiro atoms. The Morgan fingerprint density at radius 2 is 1.83 bits per heavy atom. The van der Waals surface area contributed by atoms with E-state index in [4.69, 9.17) is 4.74 Å². The summed E-state index contributed by atoms with van der Waals surface area (Å²) in [7, 11) is -3.91. The lowest BCUT2D eigenvalue weighted by molar-refractivity contribution is 0.0322. The summed E-state index contributed by atoms with van der Waals surface area (Å²) in [6.45, 7) is 0.489. The molecule has 122 valence electrons. The van der Waals surface area contributed by atoms with E-state index in [1.165, 1.54) is 0 Å². The predicted molar refractivity (Wildman–Crippen MR) is 80.3 cm³/mol. The Morgan fingerprint density at radius 3 is 2.57 bits per heavy atom. The SMILES string of the molecule is O=S(=O)(NCC1Cc2ccccc2CO1)c1ccc(F)c(F)c1. The van der Waals surface area contributed by atoms with Gasteiger partial charge >= 0.3 is 0 Å². The van der Waals surface area contributed by atoms with Gasteiger partial charge in [0.1, 0.15) is 0 Å².